The minimum absolute atomic E-state index is 0.210. The quantitative estimate of drug-likeness (QED) is 0.795. The van der Waals surface area contributed by atoms with Crippen LogP contribution in [-0.2, 0) is 0 Å². The molecule has 5 heteroatoms. The topological polar surface area (TPSA) is 15.3 Å². The molecule has 0 aromatic carbocycles. The van der Waals surface area contributed by atoms with Crippen molar-refractivity contribution in [3.8, 4) is 0 Å². The van der Waals surface area contributed by atoms with Crippen molar-refractivity contribution in [2.24, 2.45) is 5.92 Å². The van der Waals surface area contributed by atoms with Gasteiger partial charge in [-0.1, -0.05) is 0 Å². The number of hydrogen-bond donors (Lipinski definition) is 1. The van der Waals surface area contributed by atoms with Crippen LogP contribution in [0.25, 0.3) is 0 Å². The second kappa shape index (κ2) is 7.34. The van der Waals surface area contributed by atoms with Crippen molar-refractivity contribution in [1.29, 1.82) is 0 Å². The maximum absolute atomic E-state index is 12.1. The molecule has 1 aliphatic rings. The van der Waals surface area contributed by atoms with E-state index in [-0.39, 0.29) is 6.42 Å². The molecule has 0 aromatic heterocycles. The lowest BCUT2D eigenvalue weighted by Gasteiger charge is -2.32. The third-order valence-electron chi connectivity index (χ3n) is 3.53. The van der Waals surface area contributed by atoms with Gasteiger partial charge in [0.15, 0.2) is 0 Å². The average molecular weight is 266 g/mol. The molecule has 0 amide bonds. The Hall–Kier alpha value is -0.290. The van der Waals surface area contributed by atoms with E-state index in [0.717, 1.165) is 19.6 Å². The fraction of sp³-hybridized carbons (Fsp3) is 1.00. The first-order valence-corrected chi connectivity index (χ1v) is 6.90. The molecule has 1 atom stereocenters. The lowest BCUT2D eigenvalue weighted by Crippen LogP contribution is -2.41. The maximum atomic E-state index is 12.1. The molecule has 1 unspecified atom stereocenters. The number of halogens is 3. The van der Waals surface area contributed by atoms with E-state index in [4.69, 9.17) is 0 Å². The largest absolute Gasteiger partial charge is 0.389 e. The lowest BCUT2D eigenvalue weighted by atomic mass is 9.98. The predicted molar refractivity (Wildman–Crippen MR) is 67.6 cm³/mol. The van der Waals surface area contributed by atoms with E-state index >= 15 is 0 Å². The average Bonchev–Trinajstić information content (AvgIpc) is 2.27. The van der Waals surface area contributed by atoms with Gasteiger partial charge >= 0.3 is 6.18 Å². The molecular formula is C13H25F3N2. The van der Waals surface area contributed by atoms with E-state index in [0.29, 0.717) is 18.5 Å². The highest BCUT2D eigenvalue weighted by Gasteiger charge is 2.27. The molecule has 1 rings (SSSR count). The first-order chi connectivity index (χ1) is 8.38. The van der Waals surface area contributed by atoms with Crippen LogP contribution in [0.3, 0.4) is 0 Å². The van der Waals surface area contributed by atoms with Gasteiger partial charge in [0.1, 0.15) is 0 Å². The van der Waals surface area contributed by atoms with Gasteiger partial charge in [0.05, 0.1) is 0 Å². The van der Waals surface area contributed by atoms with Crippen LogP contribution in [0, 0.1) is 5.92 Å². The monoisotopic (exact) mass is 266 g/mol. The molecule has 0 saturated carbocycles. The summed E-state index contributed by atoms with van der Waals surface area (Å²) in [7, 11) is 0. The van der Waals surface area contributed by atoms with Crippen LogP contribution in [0.2, 0.25) is 0 Å². The fourth-order valence-corrected chi connectivity index (χ4v) is 2.45. The molecule has 0 aromatic rings. The van der Waals surface area contributed by atoms with Gasteiger partial charge in [0.2, 0.25) is 0 Å². The van der Waals surface area contributed by atoms with Crippen LogP contribution in [0.4, 0.5) is 13.2 Å². The van der Waals surface area contributed by atoms with Crippen molar-refractivity contribution in [3.63, 3.8) is 0 Å². The van der Waals surface area contributed by atoms with Gasteiger partial charge < -0.3 is 10.2 Å². The van der Waals surface area contributed by atoms with Crippen LogP contribution in [0.15, 0.2) is 0 Å². The van der Waals surface area contributed by atoms with Crippen molar-refractivity contribution in [2.45, 2.75) is 51.7 Å². The third kappa shape index (κ3) is 6.59. The number of alkyl halides is 3. The zero-order valence-electron chi connectivity index (χ0n) is 11.4. The number of piperidine rings is 1. The molecule has 0 aliphatic carbocycles. The summed E-state index contributed by atoms with van der Waals surface area (Å²) in [5.74, 6) is 0.590. The summed E-state index contributed by atoms with van der Waals surface area (Å²) in [5, 5.41) is 3.35. The van der Waals surface area contributed by atoms with Crippen LogP contribution >= 0.6 is 0 Å². The highest BCUT2D eigenvalue weighted by atomic mass is 19.4. The minimum atomic E-state index is -4.02. The fourth-order valence-electron chi connectivity index (χ4n) is 2.45. The Bertz CT molecular complexity index is 223. The summed E-state index contributed by atoms with van der Waals surface area (Å²) in [6, 6.07) is 0.320. The van der Waals surface area contributed by atoms with Crippen molar-refractivity contribution < 1.29 is 13.2 Å². The predicted octanol–water partition coefficient (Wildman–Crippen LogP) is 3.04. The maximum Gasteiger partial charge on any atom is 0.389 e. The smallest absolute Gasteiger partial charge is 0.316 e. The van der Waals surface area contributed by atoms with Crippen LogP contribution in [0.1, 0.15) is 39.5 Å². The minimum Gasteiger partial charge on any atom is -0.316 e. The molecule has 0 bridgehead atoms. The molecule has 0 radical (unpaired) electrons. The Balaban J connectivity index is 2.30. The lowest BCUT2D eigenvalue weighted by molar-refractivity contribution is -0.136. The van der Waals surface area contributed by atoms with Gasteiger partial charge in [-0.05, 0) is 58.7 Å². The Morgan fingerprint density at radius 1 is 1.33 bits per heavy atom. The Morgan fingerprint density at radius 2 is 2.06 bits per heavy atom. The van der Waals surface area contributed by atoms with Crippen molar-refractivity contribution >= 4 is 0 Å². The van der Waals surface area contributed by atoms with Gasteiger partial charge in [-0.2, -0.15) is 13.2 Å². The second-order valence-corrected chi connectivity index (χ2v) is 5.52. The van der Waals surface area contributed by atoms with Gasteiger partial charge in [-0.25, -0.2) is 0 Å². The first-order valence-electron chi connectivity index (χ1n) is 6.90. The highest BCUT2D eigenvalue weighted by Crippen LogP contribution is 2.22. The standard InChI is InChI=1S/C13H25F3N2/c1-11(2)18(8-4-6-13(14,15)16)10-12-5-3-7-17-9-12/h11-12,17H,3-10H2,1-2H3. The number of rotatable bonds is 6. The molecule has 1 aliphatic heterocycles. The summed E-state index contributed by atoms with van der Waals surface area (Å²) in [6.07, 6.45) is -2.11. The van der Waals surface area contributed by atoms with Crippen LogP contribution in [0.5, 0.6) is 0 Å². The van der Waals surface area contributed by atoms with E-state index in [1.54, 1.807) is 0 Å². The summed E-state index contributed by atoms with van der Waals surface area (Å²) in [5.41, 5.74) is 0. The van der Waals surface area contributed by atoms with Crippen molar-refractivity contribution in [3.05, 3.63) is 0 Å². The molecule has 2 nitrogen and oxygen atoms in total. The molecule has 1 fully saturated rings. The number of nitrogens with zero attached hydrogens (tertiary/aromatic N) is 1. The van der Waals surface area contributed by atoms with Crippen LogP contribution in [-0.4, -0.2) is 43.3 Å². The molecule has 0 spiro atoms. The summed E-state index contributed by atoms with van der Waals surface area (Å²) >= 11 is 0. The van der Waals surface area contributed by atoms with E-state index in [9.17, 15) is 13.2 Å². The van der Waals surface area contributed by atoms with Gasteiger partial charge in [-0.3, -0.25) is 0 Å². The van der Waals surface area contributed by atoms with E-state index < -0.39 is 12.6 Å². The SMILES string of the molecule is CC(C)N(CCCC(F)(F)F)CC1CCCNC1. The molecule has 108 valence electrons. The van der Waals surface area contributed by atoms with Crippen molar-refractivity contribution in [1.82, 2.24) is 10.2 Å². The molecule has 18 heavy (non-hydrogen) atoms. The number of nitrogens with one attached hydrogen (secondary N) is 1. The molecule has 1 heterocycles. The Labute approximate surface area is 108 Å². The number of hydrogen-bond acceptors (Lipinski definition) is 2. The molecule has 1 N–H and O–H groups in total. The first kappa shape index (κ1) is 15.8. The van der Waals surface area contributed by atoms with E-state index in [2.05, 4.69) is 24.1 Å². The Morgan fingerprint density at radius 3 is 2.56 bits per heavy atom. The molecular weight excluding hydrogens is 241 g/mol. The zero-order chi connectivity index (χ0) is 13.6. The summed E-state index contributed by atoms with van der Waals surface area (Å²) in [4.78, 5) is 2.18. The zero-order valence-corrected chi connectivity index (χ0v) is 11.4. The highest BCUT2D eigenvalue weighted by molar-refractivity contribution is 4.75. The Kier molecular flexibility index (Phi) is 6.43. The third-order valence-corrected chi connectivity index (χ3v) is 3.53. The molecule has 1 saturated heterocycles. The summed E-state index contributed by atoms with van der Waals surface area (Å²) in [6.45, 7) is 7.67. The van der Waals surface area contributed by atoms with Gasteiger partial charge in [-0.15, -0.1) is 0 Å². The van der Waals surface area contributed by atoms with Crippen molar-refractivity contribution in [2.75, 3.05) is 26.2 Å². The van der Waals surface area contributed by atoms with Gasteiger partial charge in [0.25, 0.3) is 0 Å². The van der Waals surface area contributed by atoms with E-state index in [1.165, 1.54) is 12.8 Å². The second-order valence-electron chi connectivity index (χ2n) is 5.52. The summed E-state index contributed by atoms with van der Waals surface area (Å²) < 4.78 is 36.4. The van der Waals surface area contributed by atoms with Crippen LogP contribution < -0.4 is 5.32 Å². The normalized spacial score (nSPS) is 21.8. The van der Waals surface area contributed by atoms with E-state index in [1.807, 2.05) is 0 Å². The van der Waals surface area contributed by atoms with Gasteiger partial charge in [0, 0.05) is 19.0 Å².